The van der Waals surface area contributed by atoms with Crippen molar-refractivity contribution in [3.05, 3.63) is 34.3 Å². The molecule has 3 aromatic rings. The maximum atomic E-state index is 12.1. The molecule has 1 aliphatic rings. The zero-order valence-corrected chi connectivity index (χ0v) is 14.9. The highest BCUT2D eigenvalue weighted by Crippen LogP contribution is 2.30. The van der Waals surface area contributed by atoms with E-state index >= 15 is 0 Å². The van der Waals surface area contributed by atoms with Crippen molar-refractivity contribution in [2.45, 2.75) is 37.8 Å². The largest absolute Gasteiger partial charge is 0.431 e. The van der Waals surface area contributed by atoms with Crippen molar-refractivity contribution in [2.24, 2.45) is 0 Å². The van der Waals surface area contributed by atoms with Crippen molar-refractivity contribution in [3.8, 4) is 0 Å². The van der Waals surface area contributed by atoms with E-state index < -0.39 is 0 Å². The quantitative estimate of drug-likeness (QED) is 0.707. The fourth-order valence-electron chi connectivity index (χ4n) is 2.77. The van der Waals surface area contributed by atoms with Gasteiger partial charge in [-0.1, -0.05) is 17.8 Å². The number of aryl methyl sites for hydroxylation is 3. The van der Waals surface area contributed by atoms with E-state index in [1.165, 1.54) is 29.5 Å². The second kappa shape index (κ2) is 6.57. The first-order chi connectivity index (χ1) is 11.7. The summed E-state index contributed by atoms with van der Waals surface area (Å²) in [5, 5.41) is 4.12. The lowest BCUT2D eigenvalue weighted by Crippen LogP contribution is -2.13. The zero-order chi connectivity index (χ0) is 16.5. The summed E-state index contributed by atoms with van der Waals surface area (Å²) >= 11 is 2.90. The van der Waals surface area contributed by atoms with E-state index in [4.69, 9.17) is 4.42 Å². The second-order valence-corrected chi connectivity index (χ2v) is 7.89. The Morgan fingerprint density at radius 3 is 3.08 bits per heavy atom. The van der Waals surface area contributed by atoms with Crippen molar-refractivity contribution in [1.82, 2.24) is 9.97 Å². The molecular formula is C17H17N3O2S2. The Morgan fingerprint density at radius 2 is 2.21 bits per heavy atom. The van der Waals surface area contributed by atoms with Gasteiger partial charge in [-0.25, -0.2) is 9.97 Å². The van der Waals surface area contributed by atoms with Gasteiger partial charge in [0.25, 0.3) is 5.22 Å². The number of carbonyl (C=O) groups excluding carboxylic acids is 1. The fourth-order valence-corrected chi connectivity index (χ4v) is 4.47. The Morgan fingerprint density at radius 1 is 1.33 bits per heavy atom. The van der Waals surface area contributed by atoms with E-state index in [1.54, 1.807) is 11.3 Å². The standard InChI is InChI=1S/C17H17N3O2S2/c1-10-6-7-13-12(8-10)19-17(22-13)23-9-15(21)20-16-18-11-4-2-3-5-14(11)24-16/h6-8H,2-5,9H2,1H3,(H,18,20,21). The van der Waals surface area contributed by atoms with Crippen LogP contribution in [0.5, 0.6) is 0 Å². The minimum absolute atomic E-state index is 0.0791. The predicted octanol–water partition coefficient (Wildman–Crippen LogP) is 4.20. The smallest absolute Gasteiger partial charge is 0.257 e. The van der Waals surface area contributed by atoms with Crippen molar-refractivity contribution in [3.63, 3.8) is 0 Å². The van der Waals surface area contributed by atoms with Crippen LogP contribution in [0.25, 0.3) is 11.1 Å². The predicted molar refractivity (Wildman–Crippen MR) is 96.9 cm³/mol. The van der Waals surface area contributed by atoms with Gasteiger partial charge in [0.2, 0.25) is 5.91 Å². The normalized spacial score (nSPS) is 13.9. The number of hydrogen-bond acceptors (Lipinski definition) is 6. The zero-order valence-electron chi connectivity index (χ0n) is 13.3. The molecule has 7 heteroatoms. The number of nitrogens with zero attached hydrogens (tertiary/aromatic N) is 2. The molecule has 0 aliphatic heterocycles. The molecule has 0 saturated carbocycles. The summed E-state index contributed by atoms with van der Waals surface area (Å²) in [4.78, 5) is 22.4. The van der Waals surface area contributed by atoms with Gasteiger partial charge in [-0.15, -0.1) is 11.3 Å². The highest BCUT2D eigenvalue weighted by molar-refractivity contribution is 7.99. The Bertz CT molecular complexity index is 877. The third-order valence-electron chi connectivity index (χ3n) is 3.94. The minimum atomic E-state index is -0.0791. The number of anilines is 1. The summed E-state index contributed by atoms with van der Waals surface area (Å²) in [5.74, 6) is 0.181. The van der Waals surface area contributed by atoms with Crippen LogP contribution in [0.4, 0.5) is 5.13 Å². The van der Waals surface area contributed by atoms with Crippen molar-refractivity contribution in [2.75, 3.05) is 11.1 Å². The Hall–Kier alpha value is -1.86. The molecule has 0 unspecified atom stereocenters. The van der Waals surface area contributed by atoms with Crippen LogP contribution in [0.15, 0.2) is 27.8 Å². The Balaban J connectivity index is 1.38. The van der Waals surface area contributed by atoms with Gasteiger partial charge in [0.15, 0.2) is 10.7 Å². The van der Waals surface area contributed by atoms with Gasteiger partial charge >= 0.3 is 0 Å². The van der Waals surface area contributed by atoms with Crippen LogP contribution in [0.2, 0.25) is 0 Å². The van der Waals surface area contributed by atoms with Gasteiger partial charge in [-0.2, -0.15) is 0 Å². The Labute approximate surface area is 147 Å². The van der Waals surface area contributed by atoms with E-state index in [0.717, 1.165) is 35.2 Å². The van der Waals surface area contributed by atoms with E-state index in [0.29, 0.717) is 10.4 Å². The molecule has 2 heterocycles. The second-order valence-electron chi connectivity index (χ2n) is 5.88. The molecular weight excluding hydrogens is 342 g/mol. The van der Waals surface area contributed by atoms with Crippen LogP contribution in [-0.4, -0.2) is 21.6 Å². The number of fused-ring (bicyclic) bond motifs is 2. The van der Waals surface area contributed by atoms with Gasteiger partial charge in [-0.3, -0.25) is 4.79 Å². The fraction of sp³-hybridized carbons (Fsp3) is 0.353. The van der Waals surface area contributed by atoms with Gasteiger partial charge in [0, 0.05) is 4.88 Å². The van der Waals surface area contributed by atoms with E-state index in [2.05, 4.69) is 15.3 Å². The first-order valence-corrected chi connectivity index (χ1v) is 9.76. The molecule has 4 rings (SSSR count). The topological polar surface area (TPSA) is 68.0 Å². The maximum absolute atomic E-state index is 12.1. The molecule has 0 atom stereocenters. The number of aromatic nitrogens is 2. The monoisotopic (exact) mass is 359 g/mol. The number of carbonyl (C=O) groups is 1. The number of nitrogens with one attached hydrogen (secondary N) is 1. The van der Waals surface area contributed by atoms with Crippen LogP contribution < -0.4 is 5.32 Å². The molecule has 0 radical (unpaired) electrons. The van der Waals surface area contributed by atoms with Crippen LogP contribution in [0, 0.1) is 6.92 Å². The molecule has 0 fully saturated rings. The molecule has 0 bridgehead atoms. The molecule has 124 valence electrons. The summed E-state index contributed by atoms with van der Waals surface area (Å²) in [5.41, 5.74) is 3.86. The average molecular weight is 359 g/mol. The highest BCUT2D eigenvalue weighted by atomic mass is 32.2. The lowest BCUT2D eigenvalue weighted by Gasteiger charge is -2.06. The number of rotatable bonds is 4. The minimum Gasteiger partial charge on any atom is -0.431 e. The molecule has 1 amide bonds. The average Bonchev–Trinajstić information content (AvgIpc) is 3.15. The van der Waals surface area contributed by atoms with Crippen LogP contribution >= 0.6 is 23.1 Å². The van der Waals surface area contributed by atoms with Gasteiger partial charge in [0.1, 0.15) is 5.52 Å². The van der Waals surface area contributed by atoms with Crippen LogP contribution in [-0.2, 0) is 17.6 Å². The van der Waals surface area contributed by atoms with Crippen molar-refractivity contribution >= 4 is 45.2 Å². The molecule has 1 aromatic carbocycles. The third kappa shape index (κ3) is 3.32. The first kappa shape index (κ1) is 15.7. The number of thiazole rings is 1. The first-order valence-electron chi connectivity index (χ1n) is 7.96. The number of oxazole rings is 1. The number of hydrogen-bond donors (Lipinski definition) is 1. The van der Waals surface area contributed by atoms with Gasteiger partial charge in [0.05, 0.1) is 11.4 Å². The van der Waals surface area contributed by atoms with Crippen molar-refractivity contribution < 1.29 is 9.21 Å². The van der Waals surface area contributed by atoms with E-state index in [-0.39, 0.29) is 11.7 Å². The number of benzene rings is 1. The molecule has 1 N–H and O–H groups in total. The van der Waals surface area contributed by atoms with E-state index in [1.807, 2.05) is 25.1 Å². The number of amides is 1. The number of thioether (sulfide) groups is 1. The van der Waals surface area contributed by atoms with Gasteiger partial charge in [-0.05, 0) is 50.3 Å². The highest BCUT2D eigenvalue weighted by Gasteiger charge is 2.17. The molecule has 5 nitrogen and oxygen atoms in total. The van der Waals surface area contributed by atoms with Crippen LogP contribution in [0.1, 0.15) is 29.0 Å². The van der Waals surface area contributed by atoms with Crippen molar-refractivity contribution in [1.29, 1.82) is 0 Å². The Kier molecular flexibility index (Phi) is 4.28. The van der Waals surface area contributed by atoms with Crippen LogP contribution in [0.3, 0.4) is 0 Å². The molecule has 24 heavy (non-hydrogen) atoms. The van der Waals surface area contributed by atoms with Gasteiger partial charge < -0.3 is 9.73 Å². The summed E-state index contributed by atoms with van der Waals surface area (Å²) in [7, 11) is 0. The summed E-state index contributed by atoms with van der Waals surface area (Å²) in [6, 6.07) is 5.86. The lowest BCUT2D eigenvalue weighted by atomic mass is 10.0. The molecule has 0 saturated heterocycles. The van der Waals surface area contributed by atoms with E-state index in [9.17, 15) is 4.79 Å². The maximum Gasteiger partial charge on any atom is 0.257 e. The molecule has 0 spiro atoms. The molecule has 1 aliphatic carbocycles. The lowest BCUT2D eigenvalue weighted by molar-refractivity contribution is -0.113. The SMILES string of the molecule is Cc1ccc2oc(SCC(=O)Nc3nc4c(s3)CCCC4)nc2c1. The summed E-state index contributed by atoms with van der Waals surface area (Å²) in [6.45, 7) is 2.02. The third-order valence-corrected chi connectivity index (χ3v) is 5.84. The molecule has 2 aromatic heterocycles. The summed E-state index contributed by atoms with van der Waals surface area (Å²) < 4.78 is 5.65. The summed E-state index contributed by atoms with van der Waals surface area (Å²) in [6.07, 6.45) is 4.52.